The van der Waals surface area contributed by atoms with Gasteiger partial charge in [-0.1, -0.05) is 20.3 Å². The third-order valence-electron chi connectivity index (χ3n) is 4.11. The molecule has 1 aromatic rings. The second kappa shape index (κ2) is 7.27. The van der Waals surface area contributed by atoms with Crippen LogP contribution in [-0.2, 0) is 10.0 Å². The van der Waals surface area contributed by atoms with Gasteiger partial charge < -0.3 is 5.32 Å². The Balaban J connectivity index is 2.09. The maximum atomic E-state index is 12.7. The molecule has 1 saturated carbocycles. The van der Waals surface area contributed by atoms with Crippen molar-refractivity contribution in [2.24, 2.45) is 5.92 Å². The zero-order chi connectivity index (χ0) is 15.3. The molecule has 1 aromatic carbocycles. The molecular formula is C16H26N2O2S. The van der Waals surface area contributed by atoms with E-state index >= 15 is 0 Å². The normalized spacial score (nSPS) is 16.0. The van der Waals surface area contributed by atoms with Gasteiger partial charge in [0.25, 0.3) is 0 Å². The molecule has 0 aromatic heterocycles. The first-order chi connectivity index (χ1) is 10.1. The molecule has 118 valence electrons. The minimum Gasteiger partial charge on any atom is -0.385 e. The van der Waals surface area contributed by atoms with Crippen molar-refractivity contribution >= 4 is 15.7 Å². The van der Waals surface area contributed by atoms with Gasteiger partial charge >= 0.3 is 0 Å². The van der Waals surface area contributed by atoms with Crippen LogP contribution in [0.5, 0.6) is 0 Å². The summed E-state index contributed by atoms with van der Waals surface area (Å²) in [5.74, 6) is 0.546. The molecule has 1 aliphatic rings. The van der Waals surface area contributed by atoms with Crippen LogP contribution in [-0.4, -0.2) is 32.4 Å². The van der Waals surface area contributed by atoms with E-state index in [9.17, 15) is 8.42 Å². The van der Waals surface area contributed by atoms with E-state index in [1.54, 1.807) is 16.4 Å². The average Bonchev–Trinajstić information content (AvgIpc) is 2.44. The van der Waals surface area contributed by atoms with Gasteiger partial charge in [-0.05, 0) is 49.4 Å². The quantitative estimate of drug-likeness (QED) is 0.801. The maximum Gasteiger partial charge on any atom is 0.243 e. The molecule has 1 N–H and O–H groups in total. The van der Waals surface area contributed by atoms with Gasteiger partial charge in [-0.3, -0.25) is 0 Å². The molecule has 2 rings (SSSR count). The van der Waals surface area contributed by atoms with E-state index in [1.165, 1.54) is 6.42 Å². The van der Waals surface area contributed by atoms with Crippen molar-refractivity contribution in [2.45, 2.75) is 44.4 Å². The molecule has 0 unspecified atom stereocenters. The minimum absolute atomic E-state index is 0.394. The number of benzene rings is 1. The van der Waals surface area contributed by atoms with Crippen LogP contribution in [0.1, 0.15) is 39.5 Å². The summed E-state index contributed by atoms with van der Waals surface area (Å²) >= 11 is 0. The van der Waals surface area contributed by atoms with E-state index in [0.29, 0.717) is 23.9 Å². The van der Waals surface area contributed by atoms with Crippen molar-refractivity contribution < 1.29 is 8.42 Å². The van der Waals surface area contributed by atoms with Crippen molar-refractivity contribution in [1.82, 2.24) is 4.31 Å². The van der Waals surface area contributed by atoms with E-state index in [0.717, 1.165) is 31.5 Å². The predicted octanol–water partition coefficient (Wildman–Crippen LogP) is 3.32. The highest BCUT2D eigenvalue weighted by Gasteiger charge is 2.28. The molecule has 21 heavy (non-hydrogen) atoms. The van der Waals surface area contributed by atoms with Crippen LogP contribution in [0.4, 0.5) is 5.69 Å². The van der Waals surface area contributed by atoms with Crippen molar-refractivity contribution in [2.75, 3.05) is 25.0 Å². The molecule has 0 spiro atoms. The molecule has 0 radical (unpaired) electrons. The SMILES string of the molecule is CCCNc1ccc(S(=O)(=O)N(CC)CC2CCC2)cc1. The highest BCUT2D eigenvalue weighted by Crippen LogP contribution is 2.29. The van der Waals surface area contributed by atoms with Crippen molar-refractivity contribution in [3.63, 3.8) is 0 Å². The van der Waals surface area contributed by atoms with E-state index in [2.05, 4.69) is 12.2 Å². The molecule has 0 aliphatic heterocycles. The average molecular weight is 310 g/mol. The molecule has 0 heterocycles. The van der Waals surface area contributed by atoms with Crippen LogP contribution in [0.15, 0.2) is 29.2 Å². The number of nitrogens with zero attached hydrogens (tertiary/aromatic N) is 1. The van der Waals surface area contributed by atoms with Crippen LogP contribution in [0.2, 0.25) is 0 Å². The number of hydrogen-bond acceptors (Lipinski definition) is 3. The summed E-state index contributed by atoms with van der Waals surface area (Å²) in [6, 6.07) is 7.10. The predicted molar refractivity (Wildman–Crippen MR) is 87.0 cm³/mol. The van der Waals surface area contributed by atoms with Gasteiger partial charge in [-0.25, -0.2) is 8.42 Å². The van der Waals surface area contributed by atoms with Gasteiger partial charge in [0.1, 0.15) is 0 Å². The number of hydrogen-bond donors (Lipinski definition) is 1. The highest BCUT2D eigenvalue weighted by molar-refractivity contribution is 7.89. The van der Waals surface area contributed by atoms with Gasteiger partial charge in [0, 0.05) is 25.3 Å². The fraction of sp³-hybridized carbons (Fsp3) is 0.625. The van der Waals surface area contributed by atoms with Crippen LogP contribution >= 0.6 is 0 Å². The van der Waals surface area contributed by atoms with Gasteiger partial charge in [0.05, 0.1) is 4.90 Å². The van der Waals surface area contributed by atoms with E-state index < -0.39 is 10.0 Å². The third kappa shape index (κ3) is 3.98. The standard InChI is InChI=1S/C16H26N2O2S/c1-3-12-17-15-8-10-16(11-9-15)21(19,20)18(4-2)13-14-6-5-7-14/h8-11,14,17H,3-7,12-13H2,1-2H3. The van der Waals surface area contributed by atoms with Crippen LogP contribution in [0, 0.1) is 5.92 Å². The lowest BCUT2D eigenvalue weighted by Crippen LogP contribution is -2.37. The molecular weight excluding hydrogens is 284 g/mol. The Labute approximate surface area is 128 Å². The monoisotopic (exact) mass is 310 g/mol. The summed E-state index contributed by atoms with van der Waals surface area (Å²) in [5.41, 5.74) is 0.970. The molecule has 1 aliphatic carbocycles. The van der Waals surface area contributed by atoms with Gasteiger partial charge in [0.15, 0.2) is 0 Å². The zero-order valence-corrected chi connectivity index (χ0v) is 13.8. The molecule has 4 nitrogen and oxygen atoms in total. The summed E-state index contributed by atoms with van der Waals surface area (Å²) in [6.07, 6.45) is 4.60. The topological polar surface area (TPSA) is 49.4 Å². The Morgan fingerprint density at radius 2 is 1.86 bits per heavy atom. The number of rotatable bonds is 8. The van der Waals surface area contributed by atoms with Crippen molar-refractivity contribution in [1.29, 1.82) is 0 Å². The largest absolute Gasteiger partial charge is 0.385 e. The van der Waals surface area contributed by atoms with Gasteiger partial charge in [-0.15, -0.1) is 0 Å². The molecule has 0 amide bonds. The lowest BCUT2D eigenvalue weighted by Gasteiger charge is -2.31. The first kappa shape index (κ1) is 16.3. The summed E-state index contributed by atoms with van der Waals surface area (Å²) in [6.45, 7) is 6.11. The Hall–Kier alpha value is -1.07. The van der Waals surface area contributed by atoms with E-state index in [4.69, 9.17) is 0 Å². The summed E-state index contributed by atoms with van der Waals surface area (Å²) in [7, 11) is -3.35. The van der Waals surface area contributed by atoms with Crippen LogP contribution in [0.3, 0.4) is 0 Å². The number of nitrogens with one attached hydrogen (secondary N) is 1. The van der Waals surface area contributed by atoms with Crippen molar-refractivity contribution in [3.8, 4) is 0 Å². The number of anilines is 1. The Bertz CT molecular complexity index is 536. The van der Waals surface area contributed by atoms with E-state index in [-0.39, 0.29) is 0 Å². The lowest BCUT2D eigenvalue weighted by atomic mass is 9.85. The van der Waals surface area contributed by atoms with Crippen molar-refractivity contribution in [3.05, 3.63) is 24.3 Å². The molecule has 0 atom stereocenters. The molecule has 1 fully saturated rings. The van der Waals surface area contributed by atoms with Crippen LogP contribution in [0.25, 0.3) is 0 Å². The first-order valence-electron chi connectivity index (χ1n) is 7.92. The fourth-order valence-electron chi connectivity index (χ4n) is 2.52. The lowest BCUT2D eigenvalue weighted by molar-refractivity contribution is 0.250. The second-order valence-electron chi connectivity index (χ2n) is 5.70. The third-order valence-corrected chi connectivity index (χ3v) is 6.07. The smallest absolute Gasteiger partial charge is 0.243 e. The number of sulfonamides is 1. The summed E-state index contributed by atoms with van der Waals surface area (Å²) in [4.78, 5) is 0.394. The fourth-order valence-corrected chi connectivity index (χ4v) is 4.05. The highest BCUT2D eigenvalue weighted by atomic mass is 32.2. The summed E-state index contributed by atoms with van der Waals surface area (Å²) in [5, 5.41) is 3.26. The molecule has 5 heteroatoms. The molecule has 0 saturated heterocycles. The molecule has 0 bridgehead atoms. The Kier molecular flexibility index (Phi) is 5.65. The maximum absolute atomic E-state index is 12.7. The Morgan fingerprint density at radius 3 is 2.33 bits per heavy atom. The van der Waals surface area contributed by atoms with Crippen LogP contribution < -0.4 is 5.32 Å². The van der Waals surface area contributed by atoms with Gasteiger partial charge in [-0.2, -0.15) is 4.31 Å². The second-order valence-corrected chi connectivity index (χ2v) is 7.64. The zero-order valence-electron chi connectivity index (χ0n) is 13.0. The first-order valence-corrected chi connectivity index (χ1v) is 9.36. The Morgan fingerprint density at radius 1 is 1.19 bits per heavy atom. The van der Waals surface area contributed by atoms with E-state index in [1.807, 2.05) is 19.1 Å². The van der Waals surface area contributed by atoms with Gasteiger partial charge in [0.2, 0.25) is 10.0 Å². The summed E-state index contributed by atoms with van der Waals surface area (Å²) < 4.78 is 27.0. The minimum atomic E-state index is -3.35.